The standard InChI is InChI=1S/C22H32N4O8.H3P/c1-14-10-15(13-27)19(17(11-14)33-5)34-22(32)26(4)9-8-25(3)20(29)16(21(30)31)12-18(28)24-7-6-23-2;/h10-12,23,27H,6-9,13H2,1-5H3,(H,24,28)(H,30,31);1H3. The lowest BCUT2D eigenvalue weighted by Crippen LogP contribution is -2.40. The summed E-state index contributed by atoms with van der Waals surface area (Å²) in [5, 5.41) is 24.2. The van der Waals surface area contributed by atoms with Gasteiger partial charge in [0.05, 0.1) is 13.7 Å². The van der Waals surface area contributed by atoms with Gasteiger partial charge >= 0.3 is 12.1 Å². The third-order valence-electron chi connectivity index (χ3n) is 4.70. The Morgan fingerprint density at radius 3 is 2.26 bits per heavy atom. The van der Waals surface area contributed by atoms with E-state index in [4.69, 9.17) is 9.47 Å². The predicted molar refractivity (Wildman–Crippen MR) is 134 cm³/mol. The molecule has 3 amide bonds. The number of hydrogen-bond donors (Lipinski definition) is 4. The number of likely N-dealkylation sites (N-methyl/N-ethyl adjacent to an activating group) is 3. The molecule has 35 heavy (non-hydrogen) atoms. The molecule has 0 saturated heterocycles. The minimum atomic E-state index is -1.55. The molecule has 0 heterocycles. The maximum absolute atomic E-state index is 12.5. The highest BCUT2D eigenvalue weighted by atomic mass is 31.0. The van der Waals surface area contributed by atoms with Gasteiger partial charge in [-0.1, -0.05) is 0 Å². The maximum atomic E-state index is 12.5. The molecule has 1 unspecified atom stereocenters. The molecule has 196 valence electrons. The molecule has 1 rings (SSSR count). The molecule has 0 aliphatic carbocycles. The Labute approximate surface area is 207 Å². The van der Waals surface area contributed by atoms with Crippen molar-refractivity contribution >= 4 is 33.8 Å². The maximum Gasteiger partial charge on any atom is 0.415 e. The van der Waals surface area contributed by atoms with Gasteiger partial charge in [-0.15, -0.1) is 0 Å². The van der Waals surface area contributed by atoms with E-state index in [-0.39, 0.29) is 47.6 Å². The fraction of sp³-hybridized carbons (Fsp3) is 0.455. The van der Waals surface area contributed by atoms with Crippen LogP contribution in [0.3, 0.4) is 0 Å². The van der Waals surface area contributed by atoms with Gasteiger partial charge in [-0.3, -0.25) is 9.59 Å². The predicted octanol–water partition coefficient (Wildman–Crippen LogP) is -0.210. The number of hydrogen-bond acceptors (Lipinski definition) is 8. The van der Waals surface area contributed by atoms with E-state index in [9.17, 15) is 29.4 Å². The lowest BCUT2D eigenvalue weighted by Gasteiger charge is -2.23. The average Bonchev–Trinajstić information content (AvgIpc) is 2.80. The second kappa shape index (κ2) is 15.6. The first kappa shape index (κ1) is 31.8. The topological polar surface area (TPSA) is 158 Å². The van der Waals surface area contributed by atoms with Crippen LogP contribution >= 0.6 is 9.90 Å². The first-order valence-electron chi connectivity index (χ1n) is 10.4. The molecule has 12 nitrogen and oxygen atoms in total. The highest BCUT2D eigenvalue weighted by Gasteiger charge is 2.24. The number of nitrogens with one attached hydrogen (secondary N) is 2. The Morgan fingerprint density at radius 1 is 1.09 bits per heavy atom. The molecule has 1 atom stereocenters. The number of carbonyl (C=O) groups is 4. The van der Waals surface area contributed by atoms with Crippen LogP contribution in [-0.2, 0) is 21.0 Å². The number of benzene rings is 1. The van der Waals surface area contributed by atoms with Crippen molar-refractivity contribution in [3.05, 3.63) is 34.9 Å². The van der Waals surface area contributed by atoms with Crippen LogP contribution in [0.15, 0.2) is 23.8 Å². The highest BCUT2D eigenvalue weighted by Crippen LogP contribution is 2.33. The fourth-order valence-electron chi connectivity index (χ4n) is 2.77. The Kier molecular flexibility index (Phi) is 14.2. The summed E-state index contributed by atoms with van der Waals surface area (Å²) < 4.78 is 10.6. The minimum absolute atomic E-state index is 0. The second-order valence-corrected chi connectivity index (χ2v) is 7.39. The van der Waals surface area contributed by atoms with Gasteiger partial charge in [0.15, 0.2) is 11.5 Å². The normalized spacial score (nSPS) is 10.6. The third-order valence-corrected chi connectivity index (χ3v) is 4.70. The smallest absolute Gasteiger partial charge is 0.415 e. The Balaban J connectivity index is 0.0000116. The molecule has 0 saturated carbocycles. The molecule has 1 aromatic carbocycles. The summed E-state index contributed by atoms with van der Waals surface area (Å²) >= 11 is 0. The van der Waals surface area contributed by atoms with Gasteiger partial charge in [0.2, 0.25) is 5.91 Å². The molecule has 0 aromatic heterocycles. The van der Waals surface area contributed by atoms with Crippen LogP contribution in [0, 0.1) is 6.92 Å². The van der Waals surface area contributed by atoms with Crippen molar-refractivity contribution in [2.24, 2.45) is 0 Å². The van der Waals surface area contributed by atoms with Crippen LogP contribution in [0.25, 0.3) is 0 Å². The SMILES string of the molecule is CNCCNC(=O)C=C(C(=O)O)C(=O)N(C)CCN(C)C(=O)Oc1c(CO)cc(C)cc1OC.P. The van der Waals surface area contributed by atoms with E-state index >= 15 is 0 Å². The third kappa shape index (κ3) is 9.89. The summed E-state index contributed by atoms with van der Waals surface area (Å²) in [6.07, 6.45) is -0.0369. The first-order chi connectivity index (χ1) is 16.0. The number of aliphatic hydroxyl groups is 1. The molecular formula is C22H35N4O8P. The number of aliphatic carboxylic acids is 1. The number of carbonyl (C=O) groups excluding carboxylic acids is 3. The lowest BCUT2D eigenvalue weighted by molar-refractivity contribution is -0.137. The molecule has 0 spiro atoms. The van der Waals surface area contributed by atoms with Crippen LogP contribution in [0.1, 0.15) is 11.1 Å². The number of carboxylic acids is 1. The number of ether oxygens (including phenoxy) is 2. The summed E-state index contributed by atoms with van der Waals surface area (Å²) in [7, 11) is 5.89. The van der Waals surface area contributed by atoms with Gasteiger partial charge in [0.1, 0.15) is 5.57 Å². The number of amides is 3. The van der Waals surface area contributed by atoms with Gasteiger partial charge in [-0.25, -0.2) is 9.59 Å². The van der Waals surface area contributed by atoms with Crippen molar-refractivity contribution in [1.82, 2.24) is 20.4 Å². The van der Waals surface area contributed by atoms with E-state index in [1.807, 2.05) is 0 Å². The summed E-state index contributed by atoms with van der Waals surface area (Å²) in [5.74, 6) is -2.78. The van der Waals surface area contributed by atoms with Crippen LogP contribution in [0.4, 0.5) is 4.79 Å². The Bertz CT molecular complexity index is 913. The quantitative estimate of drug-likeness (QED) is 0.0974. The van der Waals surface area contributed by atoms with Crippen molar-refractivity contribution in [2.75, 3.05) is 54.4 Å². The number of aryl methyl sites for hydroxylation is 1. The highest BCUT2D eigenvalue weighted by molar-refractivity contribution is 6.92. The summed E-state index contributed by atoms with van der Waals surface area (Å²) in [5.41, 5.74) is 0.481. The molecule has 4 N–H and O–H groups in total. The number of methoxy groups -OCH3 is 1. The second-order valence-electron chi connectivity index (χ2n) is 7.39. The van der Waals surface area contributed by atoms with Crippen LogP contribution in [0.2, 0.25) is 0 Å². The Hall–Kier alpha value is -3.21. The zero-order valence-electron chi connectivity index (χ0n) is 20.7. The van der Waals surface area contributed by atoms with Gasteiger partial charge in [-0.2, -0.15) is 9.90 Å². The zero-order valence-corrected chi connectivity index (χ0v) is 22.1. The van der Waals surface area contributed by atoms with E-state index in [2.05, 4.69) is 10.6 Å². The minimum Gasteiger partial charge on any atom is -0.493 e. The summed E-state index contributed by atoms with van der Waals surface area (Å²) in [4.78, 5) is 50.7. The van der Waals surface area contributed by atoms with E-state index in [1.54, 1.807) is 26.1 Å². The first-order valence-corrected chi connectivity index (χ1v) is 10.4. The van der Waals surface area contributed by atoms with E-state index in [1.165, 1.54) is 26.1 Å². The van der Waals surface area contributed by atoms with Gasteiger partial charge in [0.25, 0.3) is 5.91 Å². The monoisotopic (exact) mass is 514 g/mol. The van der Waals surface area contributed by atoms with Crippen LogP contribution in [-0.4, -0.2) is 98.3 Å². The van der Waals surface area contributed by atoms with E-state index in [0.717, 1.165) is 16.5 Å². The average molecular weight is 515 g/mol. The van der Waals surface area contributed by atoms with Gasteiger partial charge in [-0.05, 0) is 31.7 Å². The molecule has 0 aliphatic rings. The molecule has 0 radical (unpaired) electrons. The molecule has 13 heteroatoms. The largest absolute Gasteiger partial charge is 0.493 e. The number of rotatable bonds is 12. The van der Waals surface area contributed by atoms with Crippen molar-refractivity contribution in [1.29, 1.82) is 0 Å². The molecule has 1 aromatic rings. The van der Waals surface area contributed by atoms with E-state index < -0.39 is 29.5 Å². The fourth-order valence-corrected chi connectivity index (χ4v) is 2.77. The van der Waals surface area contributed by atoms with Crippen molar-refractivity contribution < 1.29 is 38.9 Å². The number of aliphatic hydroxyl groups excluding tert-OH is 1. The van der Waals surface area contributed by atoms with Gasteiger partial charge in [0, 0.05) is 51.9 Å². The van der Waals surface area contributed by atoms with Gasteiger partial charge < -0.3 is 40.1 Å². The van der Waals surface area contributed by atoms with Crippen molar-refractivity contribution in [3.8, 4) is 11.5 Å². The molecule has 0 fully saturated rings. The lowest BCUT2D eigenvalue weighted by atomic mass is 10.1. The number of nitrogens with zero attached hydrogens (tertiary/aromatic N) is 2. The van der Waals surface area contributed by atoms with Crippen molar-refractivity contribution in [2.45, 2.75) is 13.5 Å². The molecule has 0 aliphatic heterocycles. The number of carboxylic acid groups (broad SMARTS) is 1. The van der Waals surface area contributed by atoms with Crippen LogP contribution in [0.5, 0.6) is 11.5 Å². The molecular weight excluding hydrogens is 479 g/mol. The summed E-state index contributed by atoms with van der Waals surface area (Å²) in [6, 6.07) is 3.31. The van der Waals surface area contributed by atoms with E-state index in [0.29, 0.717) is 12.1 Å². The Morgan fingerprint density at radius 2 is 1.71 bits per heavy atom. The molecule has 0 bridgehead atoms. The van der Waals surface area contributed by atoms with Crippen LogP contribution < -0.4 is 20.1 Å². The summed E-state index contributed by atoms with van der Waals surface area (Å²) in [6.45, 7) is 2.15. The zero-order chi connectivity index (χ0) is 25.8. The van der Waals surface area contributed by atoms with Crippen molar-refractivity contribution in [3.63, 3.8) is 0 Å².